The Balaban J connectivity index is 2.25. The van der Waals surface area contributed by atoms with Gasteiger partial charge in [0.2, 0.25) is 11.8 Å². The number of piperazine rings is 1. The van der Waals surface area contributed by atoms with E-state index < -0.39 is 24.5 Å². The van der Waals surface area contributed by atoms with Crippen molar-refractivity contribution in [3.05, 3.63) is 0 Å². The lowest BCUT2D eigenvalue weighted by Crippen LogP contribution is -2.54. The van der Waals surface area contributed by atoms with E-state index in [0.717, 1.165) is 0 Å². The predicted molar refractivity (Wildman–Crippen MR) is 58.6 cm³/mol. The standard InChI is InChI=1S/C9H14N4O5/c14-6(11-4-8(16)17)3-12-9(18)13-2-1-10-7(15)5-13/h1-5H2,(H,10,15)(H,11,14)(H,12,18)(H,16,17). The Labute approximate surface area is 103 Å². The molecule has 4 amide bonds. The predicted octanol–water partition coefficient (Wildman–Crippen LogP) is -2.67. The van der Waals surface area contributed by atoms with Gasteiger partial charge >= 0.3 is 12.0 Å². The Morgan fingerprint density at radius 2 is 2.00 bits per heavy atom. The van der Waals surface area contributed by atoms with Crippen molar-refractivity contribution in [1.29, 1.82) is 0 Å². The number of carboxylic acids is 1. The van der Waals surface area contributed by atoms with E-state index in [2.05, 4.69) is 16.0 Å². The van der Waals surface area contributed by atoms with Crippen LogP contribution in [0.2, 0.25) is 0 Å². The summed E-state index contributed by atoms with van der Waals surface area (Å²) in [5.74, 6) is -2.03. The summed E-state index contributed by atoms with van der Waals surface area (Å²) in [6.45, 7) is -0.139. The van der Waals surface area contributed by atoms with Crippen molar-refractivity contribution in [2.24, 2.45) is 0 Å². The first-order valence-electron chi connectivity index (χ1n) is 5.27. The zero-order chi connectivity index (χ0) is 13.5. The molecule has 0 aromatic heterocycles. The first-order chi connectivity index (χ1) is 8.49. The van der Waals surface area contributed by atoms with Gasteiger partial charge in [-0.3, -0.25) is 14.4 Å². The summed E-state index contributed by atoms with van der Waals surface area (Å²) < 4.78 is 0. The number of urea groups is 1. The third-order valence-electron chi connectivity index (χ3n) is 2.16. The lowest BCUT2D eigenvalue weighted by atomic mass is 10.4. The zero-order valence-corrected chi connectivity index (χ0v) is 9.56. The summed E-state index contributed by atoms with van der Waals surface area (Å²) in [6, 6.07) is -0.532. The van der Waals surface area contributed by atoms with Gasteiger partial charge in [-0.2, -0.15) is 0 Å². The Morgan fingerprint density at radius 3 is 2.61 bits per heavy atom. The van der Waals surface area contributed by atoms with Crippen LogP contribution in [-0.2, 0) is 14.4 Å². The Kier molecular flexibility index (Phi) is 4.90. The molecule has 1 heterocycles. The molecule has 0 unspecified atom stereocenters. The minimum atomic E-state index is -1.16. The van der Waals surface area contributed by atoms with Gasteiger partial charge in [0.25, 0.3) is 0 Å². The maximum absolute atomic E-state index is 11.5. The van der Waals surface area contributed by atoms with Gasteiger partial charge in [0.05, 0.1) is 6.54 Å². The van der Waals surface area contributed by atoms with Crippen molar-refractivity contribution in [2.45, 2.75) is 0 Å². The molecule has 4 N–H and O–H groups in total. The molecule has 1 aliphatic rings. The van der Waals surface area contributed by atoms with Gasteiger partial charge < -0.3 is 26.0 Å². The van der Waals surface area contributed by atoms with E-state index in [0.29, 0.717) is 13.1 Å². The smallest absolute Gasteiger partial charge is 0.322 e. The van der Waals surface area contributed by atoms with Crippen LogP contribution in [0.4, 0.5) is 4.79 Å². The highest BCUT2D eigenvalue weighted by Crippen LogP contribution is 1.93. The van der Waals surface area contributed by atoms with E-state index >= 15 is 0 Å². The molecule has 1 aliphatic heterocycles. The molecule has 1 fully saturated rings. The van der Waals surface area contributed by atoms with Crippen molar-refractivity contribution < 1.29 is 24.3 Å². The second-order valence-corrected chi connectivity index (χ2v) is 3.60. The number of nitrogens with one attached hydrogen (secondary N) is 3. The maximum Gasteiger partial charge on any atom is 0.322 e. The fourth-order valence-corrected chi connectivity index (χ4v) is 1.32. The van der Waals surface area contributed by atoms with Crippen molar-refractivity contribution in [1.82, 2.24) is 20.9 Å². The van der Waals surface area contributed by atoms with Crippen molar-refractivity contribution in [3.63, 3.8) is 0 Å². The number of aliphatic carboxylic acids is 1. The average Bonchev–Trinajstić information content (AvgIpc) is 2.33. The molecular formula is C9H14N4O5. The number of nitrogens with zero attached hydrogens (tertiary/aromatic N) is 1. The fraction of sp³-hybridized carbons (Fsp3) is 0.556. The molecule has 1 saturated heterocycles. The second kappa shape index (κ2) is 6.42. The van der Waals surface area contributed by atoms with E-state index in [4.69, 9.17) is 5.11 Å². The van der Waals surface area contributed by atoms with Crippen LogP contribution in [0.5, 0.6) is 0 Å². The molecule has 0 aromatic carbocycles. The molecular weight excluding hydrogens is 244 g/mol. The van der Waals surface area contributed by atoms with Gasteiger partial charge in [-0.1, -0.05) is 0 Å². The molecule has 0 atom stereocenters. The number of hydrogen-bond donors (Lipinski definition) is 4. The van der Waals surface area contributed by atoms with Gasteiger partial charge in [-0.15, -0.1) is 0 Å². The summed E-state index contributed by atoms with van der Waals surface area (Å²) in [5.41, 5.74) is 0. The number of hydrogen-bond acceptors (Lipinski definition) is 4. The van der Waals surface area contributed by atoms with E-state index in [-0.39, 0.29) is 19.0 Å². The maximum atomic E-state index is 11.5. The number of carboxylic acid groups (broad SMARTS) is 1. The first kappa shape index (κ1) is 13.7. The highest BCUT2D eigenvalue weighted by molar-refractivity contribution is 5.88. The quantitative estimate of drug-likeness (QED) is 0.437. The molecule has 18 heavy (non-hydrogen) atoms. The molecule has 0 bridgehead atoms. The number of amides is 4. The summed E-state index contributed by atoms with van der Waals surface area (Å²) in [5, 5.41) is 15.3. The molecule has 100 valence electrons. The largest absolute Gasteiger partial charge is 0.480 e. The molecule has 0 aliphatic carbocycles. The van der Waals surface area contributed by atoms with E-state index in [1.54, 1.807) is 0 Å². The molecule has 0 aromatic rings. The molecule has 9 heteroatoms. The van der Waals surface area contributed by atoms with Gasteiger partial charge in [-0.25, -0.2) is 4.79 Å². The average molecular weight is 258 g/mol. The monoisotopic (exact) mass is 258 g/mol. The Bertz CT molecular complexity index is 370. The van der Waals surface area contributed by atoms with E-state index in [9.17, 15) is 19.2 Å². The van der Waals surface area contributed by atoms with E-state index in [1.165, 1.54) is 4.90 Å². The van der Waals surface area contributed by atoms with Gasteiger partial charge in [-0.05, 0) is 0 Å². The van der Waals surface area contributed by atoms with Gasteiger partial charge in [0, 0.05) is 13.1 Å². The van der Waals surface area contributed by atoms with Crippen LogP contribution in [0.15, 0.2) is 0 Å². The zero-order valence-electron chi connectivity index (χ0n) is 9.56. The lowest BCUT2D eigenvalue weighted by molar-refractivity contribution is -0.137. The first-order valence-corrected chi connectivity index (χ1v) is 5.27. The van der Waals surface area contributed by atoms with Crippen molar-refractivity contribution in [2.75, 3.05) is 32.7 Å². The van der Waals surface area contributed by atoms with E-state index in [1.807, 2.05) is 0 Å². The summed E-state index contributed by atoms with van der Waals surface area (Å²) in [4.78, 5) is 45.1. The van der Waals surface area contributed by atoms with Crippen LogP contribution in [0.3, 0.4) is 0 Å². The third-order valence-corrected chi connectivity index (χ3v) is 2.16. The van der Waals surface area contributed by atoms with Crippen molar-refractivity contribution in [3.8, 4) is 0 Å². The van der Waals surface area contributed by atoms with Gasteiger partial charge in [0.1, 0.15) is 13.1 Å². The summed E-state index contributed by atoms with van der Waals surface area (Å²) >= 11 is 0. The number of carbonyl (C=O) groups excluding carboxylic acids is 3. The lowest BCUT2D eigenvalue weighted by Gasteiger charge is -2.26. The molecule has 0 spiro atoms. The molecule has 1 rings (SSSR count). The van der Waals surface area contributed by atoms with Crippen LogP contribution in [0.1, 0.15) is 0 Å². The number of carbonyl (C=O) groups is 4. The minimum absolute atomic E-state index is 0.0530. The van der Waals surface area contributed by atoms with Crippen LogP contribution in [0, 0.1) is 0 Å². The van der Waals surface area contributed by atoms with Crippen molar-refractivity contribution >= 4 is 23.8 Å². The Hall–Kier alpha value is -2.32. The molecule has 9 nitrogen and oxygen atoms in total. The SMILES string of the molecule is O=C(O)CNC(=O)CNC(=O)N1CCNC(=O)C1. The van der Waals surface area contributed by atoms with Crippen LogP contribution >= 0.6 is 0 Å². The third kappa shape index (κ3) is 4.68. The molecule has 0 radical (unpaired) electrons. The summed E-state index contributed by atoms with van der Waals surface area (Å²) in [6.07, 6.45) is 0. The fourth-order valence-electron chi connectivity index (χ4n) is 1.32. The number of rotatable bonds is 4. The second-order valence-electron chi connectivity index (χ2n) is 3.60. The topological polar surface area (TPSA) is 128 Å². The highest BCUT2D eigenvalue weighted by atomic mass is 16.4. The summed E-state index contributed by atoms with van der Waals surface area (Å²) in [7, 11) is 0. The Morgan fingerprint density at radius 1 is 1.28 bits per heavy atom. The normalized spacial score (nSPS) is 14.7. The minimum Gasteiger partial charge on any atom is -0.480 e. The van der Waals surface area contributed by atoms with Crippen LogP contribution < -0.4 is 16.0 Å². The van der Waals surface area contributed by atoms with Crippen LogP contribution in [-0.4, -0.2) is 66.5 Å². The van der Waals surface area contributed by atoms with Gasteiger partial charge in [0.15, 0.2) is 0 Å². The highest BCUT2D eigenvalue weighted by Gasteiger charge is 2.21. The molecule has 0 saturated carbocycles. The van der Waals surface area contributed by atoms with Crippen LogP contribution in [0.25, 0.3) is 0 Å².